The summed E-state index contributed by atoms with van der Waals surface area (Å²) in [5, 5.41) is 0. The number of nitrogens with one attached hydrogen (secondary N) is 4. The number of hydrogen-bond acceptors (Lipinski definition) is 6. The fraction of sp³-hybridized carbons (Fsp3) is 0.727. The van der Waals surface area contributed by atoms with Gasteiger partial charge in [-0.1, -0.05) is 0 Å². The van der Waals surface area contributed by atoms with Crippen molar-refractivity contribution in [2.45, 2.75) is 38.6 Å². The van der Waals surface area contributed by atoms with Gasteiger partial charge >= 0.3 is 0 Å². The van der Waals surface area contributed by atoms with Crippen molar-refractivity contribution in [1.29, 1.82) is 0 Å². The Morgan fingerprint density at radius 1 is 1.44 bits per heavy atom. The number of hydrazine groups is 2. The minimum absolute atomic E-state index is 0.0949. The van der Waals surface area contributed by atoms with Crippen LogP contribution in [0, 0.1) is 5.92 Å². The van der Waals surface area contributed by atoms with Crippen molar-refractivity contribution in [2.75, 3.05) is 6.54 Å². The minimum atomic E-state index is -0.0949. The van der Waals surface area contributed by atoms with Gasteiger partial charge in [0, 0.05) is 18.3 Å². The summed E-state index contributed by atoms with van der Waals surface area (Å²) < 4.78 is 0. The average Bonchev–Trinajstić information content (AvgIpc) is 2.78. The van der Waals surface area contributed by atoms with Crippen molar-refractivity contribution < 1.29 is 4.79 Å². The van der Waals surface area contributed by atoms with Crippen LogP contribution in [-0.2, 0) is 4.79 Å². The van der Waals surface area contributed by atoms with Crippen LogP contribution >= 0.6 is 11.9 Å². The molecule has 1 aliphatic carbocycles. The molecule has 0 saturated heterocycles. The summed E-state index contributed by atoms with van der Waals surface area (Å²) >= 11 is 1.29. The Morgan fingerprint density at radius 2 is 2.17 bits per heavy atom. The molecule has 0 atom stereocenters. The summed E-state index contributed by atoms with van der Waals surface area (Å²) in [6, 6.07) is 0.371. The van der Waals surface area contributed by atoms with Gasteiger partial charge in [-0.2, -0.15) is 4.83 Å². The first-order valence-electron chi connectivity index (χ1n) is 6.34. The second-order valence-corrected chi connectivity index (χ2v) is 5.72. The summed E-state index contributed by atoms with van der Waals surface area (Å²) in [5.74, 6) is 0.523. The zero-order valence-corrected chi connectivity index (χ0v) is 11.4. The predicted molar refractivity (Wildman–Crippen MR) is 72.6 cm³/mol. The molecule has 0 aromatic rings. The molecule has 0 aromatic heterocycles. The van der Waals surface area contributed by atoms with Crippen molar-refractivity contribution in [3.63, 3.8) is 0 Å². The topological polar surface area (TPSA) is 91.2 Å². The highest BCUT2D eigenvalue weighted by molar-refractivity contribution is 8.02. The summed E-state index contributed by atoms with van der Waals surface area (Å²) in [4.78, 5) is 15.3. The van der Waals surface area contributed by atoms with Gasteiger partial charge in [-0.25, -0.2) is 5.43 Å². The quantitative estimate of drug-likeness (QED) is 0.368. The van der Waals surface area contributed by atoms with Crippen LogP contribution in [0.15, 0.2) is 10.6 Å². The van der Waals surface area contributed by atoms with Gasteiger partial charge in [0.25, 0.3) is 5.91 Å². The molecule has 6 N–H and O–H groups in total. The largest absolute Gasteiger partial charge is 0.328 e. The second-order valence-electron chi connectivity index (χ2n) is 4.90. The Kier molecular flexibility index (Phi) is 4.87. The second kappa shape index (κ2) is 6.42. The number of hydrogen-bond donors (Lipinski definition) is 5. The molecular weight excluding hydrogens is 250 g/mol. The zero-order valence-electron chi connectivity index (χ0n) is 10.6. The van der Waals surface area contributed by atoms with E-state index >= 15 is 0 Å². The van der Waals surface area contributed by atoms with Crippen molar-refractivity contribution in [2.24, 2.45) is 11.7 Å². The molecule has 7 heteroatoms. The summed E-state index contributed by atoms with van der Waals surface area (Å²) in [6.07, 6.45) is 4.47. The molecule has 18 heavy (non-hydrogen) atoms. The van der Waals surface area contributed by atoms with E-state index in [1.165, 1.54) is 11.9 Å². The van der Waals surface area contributed by atoms with Crippen LogP contribution in [-0.4, -0.2) is 18.5 Å². The number of rotatable bonds is 4. The molecule has 102 valence electrons. The third-order valence-electron chi connectivity index (χ3n) is 3.42. The molecule has 0 radical (unpaired) electrons. The molecule has 1 heterocycles. The molecule has 2 rings (SSSR count). The number of carbonyl (C=O) groups is 1. The third kappa shape index (κ3) is 3.61. The normalized spacial score (nSPS) is 28.1. The van der Waals surface area contributed by atoms with Crippen molar-refractivity contribution in [3.8, 4) is 0 Å². The van der Waals surface area contributed by atoms with E-state index in [0.717, 1.165) is 37.9 Å². The number of carbonyl (C=O) groups excluding carboxylic acids is 1. The minimum Gasteiger partial charge on any atom is -0.328 e. The molecule has 0 bridgehead atoms. The van der Waals surface area contributed by atoms with Crippen LogP contribution < -0.4 is 26.8 Å². The molecular formula is C11H21N5OS. The van der Waals surface area contributed by atoms with E-state index in [-0.39, 0.29) is 5.91 Å². The smallest absolute Gasteiger partial charge is 0.274 e. The van der Waals surface area contributed by atoms with Gasteiger partial charge in [-0.3, -0.25) is 10.2 Å². The fourth-order valence-corrected chi connectivity index (χ4v) is 2.88. The van der Waals surface area contributed by atoms with Crippen LogP contribution in [0.5, 0.6) is 0 Å². The number of amides is 1. The van der Waals surface area contributed by atoms with E-state index in [2.05, 4.69) is 21.1 Å². The van der Waals surface area contributed by atoms with Gasteiger partial charge in [0.05, 0.1) is 0 Å². The van der Waals surface area contributed by atoms with E-state index in [1.807, 2.05) is 6.92 Å². The van der Waals surface area contributed by atoms with E-state index in [4.69, 9.17) is 5.73 Å². The van der Waals surface area contributed by atoms with Crippen LogP contribution in [0.3, 0.4) is 0 Å². The highest BCUT2D eigenvalue weighted by Crippen LogP contribution is 2.22. The SMILES string of the molecule is CC1=C(C(=O)NNC[C@H]2CC[C@H](N)CC2)SNN1. The maximum atomic E-state index is 11.8. The van der Waals surface area contributed by atoms with E-state index in [9.17, 15) is 4.79 Å². The van der Waals surface area contributed by atoms with Gasteiger partial charge in [0.1, 0.15) is 4.91 Å². The highest BCUT2D eigenvalue weighted by Gasteiger charge is 2.20. The fourth-order valence-electron chi connectivity index (χ4n) is 2.23. The standard InChI is InChI=1S/C11H21N5OS/c1-7-10(18-16-14-7)11(17)15-13-6-8-2-4-9(12)5-3-8/h8-9,13-14,16H,2-6,12H2,1H3,(H,15,17)/t8-,9-. The maximum absolute atomic E-state index is 11.8. The van der Waals surface area contributed by atoms with Crippen molar-refractivity contribution >= 4 is 17.9 Å². The van der Waals surface area contributed by atoms with Crippen molar-refractivity contribution in [3.05, 3.63) is 10.6 Å². The molecule has 0 spiro atoms. The number of allylic oxidation sites excluding steroid dienone is 1. The van der Waals surface area contributed by atoms with Crippen LogP contribution in [0.4, 0.5) is 0 Å². The Bertz CT molecular complexity index is 338. The molecule has 1 fully saturated rings. The summed E-state index contributed by atoms with van der Waals surface area (Å²) in [5.41, 5.74) is 15.4. The molecule has 1 saturated carbocycles. The van der Waals surface area contributed by atoms with Crippen LogP contribution in [0.2, 0.25) is 0 Å². The van der Waals surface area contributed by atoms with Gasteiger partial charge in [0.2, 0.25) is 0 Å². The highest BCUT2D eigenvalue weighted by atomic mass is 32.2. The average molecular weight is 271 g/mol. The summed E-state index contributed by atoms with van der Waals surface area (Å²) in [6.45, 7) is 2.68. The molecule has 2 aliphatic rings. The van der Waals surface area contributed by atoms with Crippen LogP contribution in [0.1, 0.15) is 32.6 Å². The Morgan fingerprint density at radius 3 is 2.78 bits per heavy atom. The van der Waals surface area contributed by atoms with E-state index < -0.39 is 0 Å². The van der Waals surface area contributed by atoms with Gasteiger partial charge in [-0.05, 0) is 50.5 Å². The van der Waals surface area contributed by atoms with Crippen LogP contribution in [0.25, 0.3) is 0 Å². The van der Waals surface area contributed by atoms with E-state index in [0.29, 0.717) is 16.9 Å². The Balaban J connectivity index is 1.66. The monoisotopic (exact) mass is 271 g/mol. The first-order chi connectivity index (χ1) is 8.66. The predicted octanol–water partition coefficient (Wildman–Crippen LogP) is 0.112. The lowest BCUT2D eigenvalue weighted by Gasteiger charge is -2.26. The Labute approximate surface area is 112 Å². The van der Waals surface area contributed by atoms with Crippen molar-refractivity contribution in [1.82, 2.24) is 21.1 Å². The Hall–Kier alpha value is -0.760. The van der Waals surface area contributed by atoms with E-state index in [1.54, 1.807) is 0 Å². The first kappa shape index (κ1) is 13.7. The zero-order chi connectivity index (χ0) is 13.0. The molecule has 6 nitrogen and oxygen atoms in total. The molecule has 0 unspecified atom stereocenters. The lowest BCUT2D eigenvalue weighted by Crippen LogP contribution is -2.42. The van der Waals surface area contributed by atoms with Gasteiger partial charge in [-0.15, -0.1) is 0 Å². The summed E-state index contributed by atoms with van der Waals surface area (Å²) in [7, 11) is 0. The lowest BCUT2D eigenvalue weighted by atomic mass is 9.86. The van der Waals surface area contributed by atoms with Gasteiger partial charge in [0.15, 0.2) is 0 Å². The molecule has 1 aliphatic heterocycles. The molecule has 0 aromatic carbocycles. The maximum Gasteiger partial charge on any atom is 0.274 e. The lowest BCUT2D eigenvalue weighted by molar-refractivity contribution is -0.117. The third-order valence-corrected chi connectivity index (χ3v) is 4.32. The molecule has 1 amide bonds. The number of nitrogens with two attached hydrogens (primary N) is 1. The van der Waals surface area contributed by atoms with Gasteiger partial charge < -0.3 is 11.2 Å². The first-order valence-corrected chi connectivity index (χ1v) is 7.16.